The molecule has 1 aromatic carbocycles. The van der Waals surface area contributed by atoms with Gasteiger partial charge in [0.05, 0.1) is 0 Å². The van der Waals surface area contributed by atoms with Gasteiger partial charge >= 0.3 is 0 Å². The number of benzene rings is 1. The maximum atomic E-state index is 5.96. The fraction of sp³-hybridized carbons (Fsp3) is 0.333. The van der Waals surface area contributed by atoms with Crippen LogP contribution in [-0.4, -0.2) is 13.3 Å². The van der Waals surface area contributed by atoms with Crippen LogP contribution in [0.15, 0.2) is 24.3 Å². The minimum absolute atomic E-state index is 0.686. The van der Waals surface area contributed by atoms with Gasteiger partial charge in [0.2, 0.25) is 0 Å². The molecule has 4 heteroatoms. The van der Waals surface area contributed by atoms with Gasteiger partial charge in [0.15, 0.2) is 0 Å². The molecule has 0 N–H and O–H groups in total. The Hall–Kier alpha value is 0.307. The van der Waals surface area contributed by atoms with E-state index in [-0.39, 0.29) is 0 Å². The van der Waals surface area contributed by atoms with E-state index in [9.17, 15) is 0 Å². The Morgan fingerprint density at radius 1 is 1.15 bits per heavy atom. The van der Waals surface area contributed by atoms with E-state index in [2.05, 4.69) is 6.07 Å². The topological polar surface area (TPSA) is 0 Å². The SMILES string of the molecule is ClCCCc1ccccc1[SiH](Cl)Cl. The molecule has 0 aliphatic heterocycles. The zero-order valence-electron chi connectivity index (χ0n) is 7.14. The summed E-state index contributed by atoms with van der Waals surface area (Å²) in [5, 5.41) is 1.14. The maximum absolute atomic E-state index is 5.96. The van der Waals surface area contributed by atoms with Crippen LogP contribution in [0.4, 0.5) is 0 Å². The van der Waals surface area contributed by atoms with Crippen LogP contribution in [0.1, 0.15) is 12.0 Å². The van der Waals surface area contributed by atoms with E-state index in [0.29, 0.717) is 5.88 Å². The minimum Gasteiger partial charge on any atom is -0.144 e. The van der Waals surface area contributed by atoms with E-state index >= 15 is 0 Å². The van der Waals surface area contributed by atoms with Crippen molar-refractivity contribution in [1.82, 2.24) is 0 Å². The molecule has 0 aromatic heterocycles. The summed E-state index contributed by atoms with van der Waals surface area (Å²) in [4.78, 5) is 0. The number of alkyl halides is 1. The summed E-state index contributed by atoms with van der Waals surface area (Å²) in [5.74, 6) is 0.686. The molecule has 0 nitrogen and oxygen atoms in total. The van der Waals surface area contributed by atoms with E-state index in [0.717, 1.165) is 18.0 Å². The van der Waals surface area contributed by atoms with Crippen LogP contribution in [0.3, 0.4) is 0 Å². The molecule has 0 saturated carbocycles. The second-order valence-corrected chi connectivity index (χ2v) is 7.68. The predicted octanol–water partition coefficient (Wildman–Crippen LogP) is 2.76. The molecular formula is C9H11Cl3Si. The summed E-state index contributed by atoms with van der Waals surface area (Å²) in [6.45, 7) is 0. The first-order chi connectivity index (χ1) is 6.25. The van der Waals surface area contributed by atoms with E-state index in [1.165, 1.54) is 5.56 Å². The third kappa shape index (κ3) is 3.51. The van der Waals surface area contributed by atoms with Crippen LogP contribution in [-0.2, 0) is 6.42 Å². The van der Waals surface area contributed by atoms with E-state index in [4.69, 9.17) is 33.8 Å². The molecule has 0 heterocycles. The Kier molecular flexibility index (Phi) is 5.18. The average Bonchev–Trinajstić information content (AvgIpc) is 2.15. The number of aryl methyl sites for hydroxylation is 1. The highest BCUT2D eigenvalue weighted by Gasteiger charge is 2.10. The van der Waals surface area contributed by atoms with Crippen molar-refractivity contribution in [1.29, 1.82) is 0 Å². The lowest BCUT2D eigenvalue weighted by Crippen LogP contribution is -2.22. The minimum atomic E-state index is -1.71. The summed E-state index contributed by atoms with van der Waals surface area (Å²) in [6, 6.07) is 8.08. The van der Waals surface area contributed by atoms with E-state index in [1.54, 1.807) is 0 Å². The van der Waals surface area contributed by atoms with Gasteiger partial charge in [-0.1, -0.05) is 24.3 Å². The molecule has 0 fully saturated rings. The second kappa shape index (κ2) is 5.92. The molecule has 13 heavy (non-hydrogen) atoms. The van der Waals surface area contributed by atoms with Gasteiger partial charge in [0.1, 0.15) is 0 Å². The standard InChI is InChI=1S/C9H11Cl3Si/c10-7-3-5-8-4-1-2-6-9(8)13(11)12/h1-2,4,6,13H,3,5,7H2. The summed E-state index contributed by atoms with van der Waals surface area (Å²) in [5.41, 5.74) is 1.25. The van der Waals surface area contributed by atoms with Crippen molar-refractivity contribution in [3.8, 4) is 0 Å². The van der Waals surface area contributed by atoms with Crippen molar-refractivity contribution >= 4 is 46.4 Å². The predicted molar refractivity (Wildman–Crippen MR) is 64.0 cm³/mol. The molecule has 0 amide bonds. The summed E-state index contributed by atoms with van der Waals surface area (Å²) in [7, 11) is -1.71. The van der Waals surface area contributed by atoms with Crippen molar-refractivity contribution < 1.29 is 0 Å². The van der Waals surface area contributed by atoms with Crippen LogP contribution in [0, 0.1) is 0 Å². The highest BCUT2D eigenvalue weighted by Crippen LogP contribution is 2.06. The van der Waals surface area contributed by atoms with Crippen LogP contribution in [0.2, 0.25) is 0 Å². The highest BCUT2D eigenvalue weighted by molar-refractivity contribution is 7.39. The Bertz CT molecular complexity index is 263. The summed E-state index contributed by atoms with van der Waals surface area (Å²) in [6.07, 6.45) is 1.95. The molecule has 0 unspecified atom stereocenters. The fourth-order valence-electron chi connectivity index (χ4n) is 1.23. The first-order valence-electron chi connectivity index (χ1n) is 4.17. The number of halogens is 3. The largest absolute Gasteiger partial charge is 0.266 e. The van der Waals surface area contributed by atoms with Gasteiger partial charge in [0.25, 0.3) is 7.42 Å². The highest BCUT2D eigenvalue weighted by atomic mass is 35.7. The maximum Gasteiger partial charge on any atom is 0.266 e. The van der Waals surface area contributed by atoms with E-state index < -0.39 is 7.42 Å². The third-order valence-electron chi connectivity index (χ3n) is 1.87. The van der Waals surface area contributed by atoms with Gasteiger partial charge in [-0.05, 0) is 23.6 Å². The molecule has 0 radical (unpaired) electrons. The van der Waals surface area contributed by atoms with Gasteiger partial charge in [-0.15, -0.1) is 33.8 Å². The third-order valence-corrected chi connectivity index (χ3v) is 4.58. The second-order valence-electron chi connectivity index (χ2n) is 2.79. The Labute approximate surface area is 94.8 Å². The van der Waals surface area contributed by atoms with Gasteiger partial charge < -0.3 is 0 Å². The first-order valence-corrected chi connectivity index (χ1v) is 8.78. The first kappa shape index (κ1) is 11.4. The molecular weight excluding hydrogens is 243 g/mol. The molecule has 0 spiro atoms. The lowest BCUT2D eigenvalue weighted by Gasteiger charge is -2.07. The molecule has 0 aliphatic carbocycles. The number of rotatable bonds is 4. The van der Waals surface area contributed by atoms with Crippen molar-refractivity contribution in [3.05, 3.63) is 29.8 Å². The lowest BCUT2D eigenvalue weighted by atomic mass is 10.1. The van der Waals surface area contributed by atoms with Gasteiger partial charge in [-0.3, -0.25) is 0 Å². The van der Waals surface area contributed by atoms with Crippen LogP contribution in [0.5, 0.6) is 0 Å². The number of hydrogen-bond donors (Lipinski definition) is 0. The van der Waals surface area contributed by atoms with Crippen LogP contribution < -0.4 is 5.19 Å². The molecule has 72 valence electrons. The van der Waals surface area contributed by atoms with Gasteiger partial charge in [-0.25, -0.2) is 0 Å². The molecule has 1 rings (SSSR count). The zero-order chi connectivity index (χ0) is 9.68. The lowest BCUT2D eigenvalue weighted by molar-refractivity contribution is 0.934. The Morgan fingerprint density at radius 2 is 1.85 bits per heavy atom. The van der Waals surface area contributed by atoms with Crippen molar-refractivity contribution in [3.63, 3.8) is 0 Å². The van der Waals surface area contributed by atoms with Gasteiger partial charge in [-0.2, -0.15) is 0 Å². The van der Waals surface area contributed by atoms with Crippen LogP contribution in [0.25, 0.3) is 0 Å². The Morgan fingerprint density at radius 3 is 2.46 bits per heavy atom. The van der Waals surface area contributed by atoms with E-state index in [1.807, 2.05) is 18.2 Å². The quantitative estimate of drug-likeness (QED) is 0.440. The van der Waals surface area contributed by atoms with Crippen molar-refractivity contribution in [2.75, 3.05) is 5.88 Å². The molecule has 0 atom stereocenters. The smallest absolute Gasteiger partial charge is 0.144 e. The average molecular weight is 254 g/mol. The molecule has 0 bridgehead atoms. The number of hydrogen-bond acceptors (Lipinski definition) is 0. The zero-order valence-corrected chi connectivity index (χ0v) is 10.6. The summed E-state index contributed by atoms with van der Waals surface area (Å²) >= 11 is 17.5. The molecule has 0 aliphatic rings. The monoisotopic (exact) mass is 252 g/mol. The van der Waals surface area contributed by atoms with Crippen molar-refractivity contribution in [2.45, 2.75) is 12.8 Å². The molecule has 1 aromatic rings. The Balaban J connectivity index is 2.78. The fourth-order valence-corrected chi connectivity index (χ4v) is 3.42. The van der Waals surface area contributed by atoms with Crippen molar-refractivity contribution in [2.24, 2.45) is 0 Å². The molecule has 0 saturated heterocycles. The van der Waals surface area contributed by atoms with Gasteiger partial charge in [0, 0.05) is 5.88 Å². The van der Waals surface area contributed by atoms with Crippen LogP contribution >= 0.6 is 33.8 Å². The summed E-state index contributed by atoms with van der Waals surface area (Å²) < 4.78 is 0. The normalized spacial score (nSPS) is 10.8.